The Morgan fingerprint density at radius 1 is 1.50 bits per heavy atom. The first kappa shape index (κ1) is 13.6. The number of likely N-dealkylation sites (tertiary alicyclic amines) is 1. The quantitative estimate of drug-likeness (QED) is 0.795. The first-order valence-electron chi connectivity index (χ1n) is 7.38. The topological polar surface area (TPSA) is 47.4 Å². The van der Waals surface area contributed by atoms with Crippen LogP contribution in [0.1, 0.15) is 31.9 Å². The molecular formula is C15H23N3O2. The van der Waals surface area contributed by atoms with E-state index >= 15 is 0 Å². The van der Waals surface area contributed by atoms with Crippen LogP contribution in [0.4, 0.5) is 0 Å². The minimum absolute atomic E-state index is 0.203. The third kappa shape index (κ3) is 2.59. The Kier molecular flexibility index (Phi) is 3.54. The fourth-order valence-corrected chi connectivity index (χ4v) is 3.30. The first-order valence-corrected chi connectivity index (χ1v) is 7.38. The summed E-state index contributed by atoms with van der Waals surface area (Å²) in [6.45, 7) is 5.28. The van der Waals surface area contributed by atoms with Crippen LogP contribution in [0.2, 0.25) is 0 Å². The maximum absolute atomic E-state index is 12.2. The molecule has 20 heavy (non-hydrogen) atoms. The Morgan fingerprint density at radius 2 is 2.30 bits per heavy atom. The summed E-state index contributed by atoms with van der Waals surface area (Å²) in [5, 5.41) is 0. The van der Waals surface area contributed by atoms with Gasteiger partial charge in [0.2, 0.25) is 5.91 Å². The predicted octanol–water partition coefficient (Wildman–Crippen LogP) is 1.68. The van der Waals surface area contributed by atoms with Gasteiger partial charge in [0.25, 0.3) is 0 Å². The molecule has 5 heteroatoms. The molecule has 0 aromatic carbocycles. The second-order valence-corrected chi connectivity index (χ2v) is 6.43. The Labute approximate surface area is 119 Å². The van der Waals surface area contributed by atoms with Crippen LogP contribution in [-0.4, -0.2) is 40.6 Å². The molecule has 0 N–H and O–H groups in total. The zero-order valence-corrected chi connectivity index (χ0v) is 12.3. The number of hydrogen-bond acceptors (Lipinski definition) is 3. The molecule has 1 amide bonds. The minimum atomic E-state index is 0.203. The van der Waals surface area contributed by atoms with E-state index < -0.39 is 0 Å². The van der Waals surface area contributed by atoms with Crippen LogP contribution in [0.25, 0.3) is 0 Å². The van der Waals surface area contributed by atoms with Gasteiger partial charge in [0.1, 0.15) is 0 Å². The highest BCUT2D eigenvalue weighted by Crippen LogP contribution is 2.50. The zero-order valence-electron chi connectivity index (χ0n) is 12.3. The average molecular weight is 277 g/mol. The van der Waals surface area contributed by atoms with Crippen molar-refractivity contribution in [3.05, 3.63) is 18.2 Å². The van der Waals surface area contributed by atoms with Crippen LogP contribution in [0.15, 0.2) is 12.5 Å². The molecule has 1 saturated heterocycles. The van der Waals surface area contributed by atoms with Gasteiger partial charge in [-0.05, 0) is 24.2 Å². The van der Waals surface area contributed by atoms with E-state index in [9.17, 15) is 4.79 Å². The van der Waals surface area contributed by atoms with Gasteiger partial charge < -0.3 is 14.2 Å². The van der Waals surface area contributed by atoms with E-state index in [1.54, 1.807) is 7.11 Å². The van der Waals surface area contributed by atoms with Crippen molar-refractivity contribution >= 4 is 5.91 Å². The number of carbonyl (C=O) groups excluding carboxylic acids is 1. The molecule has 0 radical (unpaired) electrons. The Balaban J connectivity index is 1.66. The van der Waals surface area contributed by atoms with Crippen molar-refractivity contribution in [2.45, 2.75) is 39.3 Å². The lowest BCUT2D eigenvalue weighted by molar-refractivity contribution is -0.128. The van der Waals surface area contributed by atoms with Gasteiger partial charge >= 0.3 is 0 Å². The summed E-state index contributed by atoms with van der Waals surface area (Å²) in [5.41, 5.74) is 1.30. The summed E-state index contributed by atoms with van der Waals surface area (Å²) in [6.07, 6.45) is 6.97. The molecule has 2 heterocycles. The molecule has 5 nitrogen and oxygen atoms in total. The van der Waals surface area contributed by atoms with E-state index in [1.807, 2.05) is 17.4 Å². The molecule has 1 atom stereocenters. The minimum Gasteiger partial charge on any atom is -0.383 e. The van der Waals surface area contributed by atoms with Gasteiger partial charge in [-0.15, -0.1) is 0 Å². The van der Waals surface area contributed by atoms with E-state index in [2.05, 4.69) is 16.5 Å². The molecule has 2 fully saturated rings. The second kappa shape index (κ2) is 5.20. The van der Waals surface area contributed by atoms with Crippen molar-refractivity contribution in [1.82, 2.24) is 14.5 Å². The number of amides is 1. The highest BCUT2D eigenvalue weighted by molar-refractivity contribution is 5.79. The second-order valence-electron chi connectivity index (χ2n) is 6.43. The molecule has 3 rings (SSSR count). The molecule has 1 saturated carbocycles. The number of imidazole rings is 1. The normalized spacial score (nSPS) is 26.5. The van der Waals surface area contributed by atoms with Crippen LogP contribution in [-0.2, 0) is 22.6 Å². The third-order valence-corrected chi connectivity index (χ3v) is 4.71. The Morgan fingerprint density at radius 3 is 3.00 bits per heavy atom. The number of nitrogens with zero attached hydrogens (tertiary/aromatic N) is 3. The highest BCUT2D eigenvalue weighted by Gasteiger charge is 2.49. The fourth-order valence-electron chi connectivity index (χ4n) is 3.30. The summed E-state index contributed by atoms with van der Waals surface area (Å²) < 4.78 is 7.18. The molecule has 1 aromatic rings. The number of ether oxygens (including phenoxy) is 1. The van der Waals surface area contributed by atoms with Crippen molar-refractivity contribution in [1.29, 1.82) is 0 Å². The van der Waals surface area contributed by atoms with Crippen LogP contribution >= 0.6 is 0 Å². The van der Waals surface area contributed by atoms with Gasteiger partial charge in [-0.3, -0.25) is 4.79 Å². The molecule has 1 aromatic heterocycles. The lowest BCUT2D eigenvalue weighted by Gasteiger charge is -2.24. The lowest BCUT2D eigenvalue weighted by Crippen LogP contribution is -2.28. The lowest BCUT2D eigenvalue weighted by atomic mass is 9.84. The molecule has 0 bridgehead atoms. The fraction of sp³-hybridized carbons (Fsp3) is 0.733. The molecular weight excluding hydrogens is 254 g/mol. The van der Waals surface area contributed by atoms with E-state index in [1.165, 1.54) is 12.8 Å². The van der Waals surface area contributed by atoms with Crippen molar-refractivity contribution in [2.24, 2.45) is 11.3 Å². The van der Waals surface area contributed by atoms with E-state index in [0.29, 0.717) is 25.5 Å². The van der Waals surface area contributed by atoms with E-state index in [-0.39, 0.29) is 5.41 Å². The molecule has 1 aliphatic carbocycles. The van der Waals surface area contributed by atoms with Crippen LogP contribution in [0, 0.1) is 11.3 Å². The zero-order chi connectivity index (χ0) is 14.2. The number of rotatable bonds is 6. The van der Waals surface area contributed by atoms with Crippen LogP contribution in [0.5, 0.6) is 0 Å². The summed E-state index contributed by atoms with van der Waals surface area (Å²) in [7, 11) is 1.70. The van der Waals surface area contributed by atoms with Crippen molar-refractivity contribution in [3.63, 3.8) is 0 Å². The standard InChI is InChI=1S/C15H23N3O2/c1-15(12-3-4-12)7-14(19)18(10-15)9-13-8-16-11-17(13)5-6-20-2/h8,11-12H,3-7,9-10H2,1-2H3. The van der Waals surface area contributed by atoms with Gasteiger partial charge in [0.15, 0.2) is 0 Å². The van der Waals surface area contributed by atoms with Gasteiger partial charge in [-0.25, -0.2) is 4.98 Å². The number of aromatic nitrogens is 2. The average Bonchev–Trinajstić information content (AvgIpc) is 3.12. The van der Waals surface area contributed by atoms with E-state index in [0.717, 1.165) is 24.7 Å². The number of hydrogen-bond donors (Lipinski definition) is 0. The maximum atomic E-state index is 12.2. The van der Waals surface area contributed by atoms with Gasteiger partial charge in [-0.2, -0.15) is 0 Å². The summed E-state index contributed by atoms with van der Waals surface area (Å²) >= 11 is 0. The summed E-state index contributed by atoms with van der Waals surface area (Å²) in [4.78, 5) is 18.4. The molecule has 2 aliphatic rings. The number of methoxy groups -OCH3 is 1. The predicted molar refractivity (Wildman–Crippen MR) is 75.0 cm³/mol. The summed E-state index contributed by atoms with van der Waals surface area (Å²) in [6, 6.07) is 0. The third-order valence-electron chi connectivity index (χ3n) is 4.71. The summed E-state index contributed by atoms with van der Waals surface area (Å²) in [5.74, 6) is 1.05. The monoisotopic (exact) mass is 277 g/mol. The molecule has 1 unspecified atom stereocenters. The largest absolute Gasteiger partial charge is 0.383 e. The SMILES string of the molecule is COCCn1cncc1CN1CC(C)(C2CC2)CC1=O. The van der Waals surface area contributed by atoms with Crippen LogP contribution < -0.4 is 0 Å². The van der Waals surface area contributed by atoms with E-state index in [4.69, 9.17) is 4.74 Å². The van der Waals surface area contributed by atoms with Crippen molar-refractivity contribution in [3.8, 4) is 0 Å². The first-order chi connectivity index (χ1) is 9.62. The Hall–Kier alpha value is -1.36. The Bertz CT molecular complexity index is 495. The van der Waals surface area contributed by atoms with Gasteiger partial charge in [-0.1, -0.05) is 6.92 Å². The van der Waals surface area contributed by atoms with Crippen LogP contribution in [0.3, 0.4) is 0 Å². The molecule has 0 spiro atoms. The maximum Gasteiger partial charge on any atom is 0.223 e. The van der Waals surface area contributed by atoms with Gasteiger partial charge in [0, 0.05) is 32.8 Å². The molecule has 1 aliphatic heterocycles. The van der Waals surface area contributed by atoms with Crippen molar-refractivity contribution < 1.29 is 9.53 Å². The van der Waals surface area contributed by atoms with Gasteiger partial charge in [0.05, 0.1) is 25.2 Å². The number of carbonyl (C=O) groups is 1. The van der Waals surface area contributed by atoms with Crippen molar-refractivity contribution in [2.75, 3.05) is 20.3 Å². The highest BCUT2D eigenvalue weighted by atomic mass is 16.5. The molecule has 110 valence electrons. The smallest absolute Gasteiger partial charge is 0.223 e.